The number of amides is 5. The number of likely N-dealkylation sites (tertiary alicyclic amines) is 1. The Labute approximate surface area is 304 Å². The zero-order valence-corrected chi connectivity index (χ0v) is 29.9. The van der Waals surface area contributed by atoms with E-state index in [1.165, 1.54) is 24.3 Å². The van der Waals surface area contributed by atoms with Gasteiger partial charge in [0.15, 0.2) is 0 Å². The molecule has 4 rings (SSSR count). The van der Waals surface area contributed by atoms with Crippen molar-refractivity contribution in [3.05, 3.63) is 95.6 Å². The molecule has 1 aliphatic rings. The predicted octanol–water partition coefficient (Wildman–Crippen LogP) is 3.65. The molecular weight excluding hydrogens is 687 g/mol. The van der Waals surface area contributed by atoms with Crippen LogP contribution in [-0.4, -0.2) is 76.0 Å². The van der Waals surface area contributed by atoms with Crippen molar-refractivity contribution >= 4 is 39.6 Å². The zero-order chi connectivity index (χ0) is 37.3. The summed E-state index contributed by atoms with van der Waals surface area (Å²) in [5.74, 6) is -0.542. The molecule has 14 nitrogen and oxygen atoms in total. The fourth-order valence-electron chi connectivity index (χ4n) is 5.73. The summed E-state index contributed by atoms with van der Waals surface area (Å²) in [5, 5.41) is 20.1. The summed E-state index contributed by atoms with van der Waals surface area (Å²) >= 11 is 0. The number of hydrogen-bond acceptors (Lipinski definition) is 8. The summed E-state index contributed by atoms with van der Waals surface area (Å²) in [6.07, 6.45) is 1.43. The molecule has 1 aliphatic heterocycles. The molecule has 276 valence electrons. The van der Waals surface area contributed by atoms with Gasteiger partial charge in [0.2, 0.25) is 21.8 Å². The van der Waals surface area contributed by atoms with Gasteiger partial charge in [-0.05, 0) is 80.0 Å². The van der Waals surface area contributed by atoms with Crippen LogP contribution in [0.3, 0.4) is 0 Å². The van der Waals surface area contributed by atoms with Crippen LogP contribution >= 0.6 is 0 Å². The van der Waals surface area contributed by atoms with Crippen LogP contribution in [0.15, 0.2) is 83.8 Å². The maximum Gasteiger partial charge on any atom is 0.407 e. The Morgan fingerprint density at radius 1 is 0.904 bits per heavy atom. The third-order valence-electron chi connectivity index (χ3n) is 8.46. The van der Waals surface area contributed by atoms with Crippen molar-refractivity contribution in [1.29, 1.82) is 5.26 Å². The zero-order valence-electron chi connectivity index (χ0n) is 29.1. The van der Waals surface area contributed by atoms with Crippen molar-refractivity contribution in [2.45, 2.75) is 56.6 Å². The average molecular weight is 732 g/mol. The van der Waals surface area contributed by atoms with E-state index >= 15 is 0 Å². The second kappa shape index (κ2) is 19.8. The van der Waals surface area contributed by atoms with E-state index in [4.69, 9.17) is 4.74 Å². The van der Waals surface area contributed by atoms with Crippen LogP contribution in [0.25, 0.3) is 0 Å². The summed E-state index contributed by atoms with van der Waals surface area (Å²) in [6, 6.07) is 22.2. The van der Waals surface area contributed by atoms with Gasteiger partial charge in [-0.2, -0.15) is 9.98 Å². The second-order valence-corrected chi connectivity index (χ2v) is 14.1. The van der Waals surface area contributed by atoms with Crippen molar-refractivity contribution in [3.8, 4) is 6.07 Å². The Morgan fingerprint density at radius 2 is 1.63 bits per heavy atom. The highest BCUT2D eigenvalue weighted by atomic mass is 32.2. The van der Waals surface area contributed by atoms with Gasteiger partial charge in [-0.15, -0.1) is 0 Å². The molecule has 15 heteroatoms. The topological polar surface area (TPSA) is 199 Å². The van der Waals surface area contributed by atoms with Crippen LogP contribution in [0.5, 0.6) is 0 Å². The molecule has 5 N–H and O–H groups in total. The van der Waals surface area contributed by atoms with Crippen molar-refractivity contribution in [1.82, 2.24) is 25.6 Å². The number of carbonyl (C=O) groups is 4. The molecule has 0 aliphatic carbocycles. The van der Waals surface area contributed by atoms with E-state index in [2.05, 4.69) is 32.1 Å². The number of carbonyl (C=O) groups excluding carboxylic acids is 4. The molecule has 0 saturated carbocycles. The Kier molecular flexibility index (Phi) is 15.0. The number of piperidine rings is 1. The van der Waals surface area contributed by atoms with E-state index in [1.54, 1.807) is 29.2 Å². The third-order valence-corrected chi connectivity index (χ3v) is 9.92. The maximum atomic E-state index is 13.9. The molecule has 3 aromatic rings. The summed E-state index contributed by atoms with van der Waals surface area (Å²) in [5.41, 5.74) is 2.04. The average Bonchev–Trinajstić information content (AvgIpc) is 3.14. The molecule has 1 saturated heterocycles. The van der Waals surface area contributed by atoms with E-state index < -0.39 is 28.1 Å². The summed E-state index contributed by atoms with van der Waals surface area (Å²) in [4.78, 5) is 51.7. The van der Waals surface area contributed by atoms with E-state index in [-0.39, 0.29) is 48.5 Å². The lowest BCUT2D eigenvalue weighted by atomic mass is 9.93. The van der Waals surface area contributed by atoms with E-state index in [0.29, 0.717) is 56.1 Å². The third kappa shape index (κ3) is 12.7. The van der Waals surface area contributed by atoms with Crippen molar-refractivity contribution < 1.29 is 32.3 Å². The van der Waals surface area contributed by atoms with Gasteiger partial charge in [-0.25, -0.2) is 18.0 Å². The molecule has 1 unspecified atom stereocenters. The van der Waals surface area contributed by atoms with Gasteiger partial charge >= 0.3 is 12.1 Å². The van der Waals surface area contributed by atoms with E-state index in [9.17, 15) is 32.9 Å². The lowest BCUT2D eigenvalue weighted by Crippen LogP contribution is -2.51. The van der Waals surface area contributed by atoms with Gasteiger partial charge in [-0.1, -0.05) is 48.5 Å². The van der Waals surface area contributed by atoms with E-state index in [0.717, 1.165) is 12.0 Å². The number of sulfonamides is 1. The number of hydrogen-bond donors (Lipinski definition) is 5. The predicted molar refractivity (Wildman–Crippen MR) is 194 cm³/mol. The number of anilines is 1. The van der Waals surface area contributed by atoms with Gasteiger partial charge < -0.3 is 30.9 Å². The normalized spacial score (nSPS) is 13.7. The van der Waals surface area contributed by atoms with Crippen LogP contribution in [0.2, 0.25) is 0 Å². The Balaban J connectivity index is 1.35. The highest BCUT2D eigenvalue weighted by molar-refractivity contribution is 7.89. The minimum Gasteiger partial charge on any atom is -0.445 e. The molecule has 1 fully saturated rings. The highest BCUT2D eigenvalue weighted by Gasteiger charge is 2.32. The van der Waals surface area contributed by atoms with Gasteiger partial charge in [0, 0.05) is 44.8 Å². The molecule has 1 atom stereocenters. The highest BCUT2D eigenvalue weighted by Crippen LogP contribution is 2.23. The molecule has 0 bridgehead atoms. The van der Waals surface area contributed by atoms with Gasteiger partial charge in [-0.3, -0.25) is 9.59 Å². The van der Waals surface area contributed by atoms with Gasteiger partial charge in [0.05, 0.1) is 16.5 Å². The molecule has 0 aromatic heterocycles. The van der Waals surface area contributed by atoms with Crippen molar-refractivity contribution in [3.63, 3.8) is 0 Å². The summed E-state index contributed by atoms with van der Waals surface area (Å²) < 4.78 is 35.2. The Hall–Kier alpha value is -5.46. The quantitative estimate of drug-likeness (QED) is 0.147. The smallest absolute Gasteiger partial charge is 0.407 e. The lowest BCUT2D eigenvalue weighted by Gasteiger charge is -2.34. The Bertz CT molecular complexity index is 1820. The van der Waals surface area contributed by atoms with Crippen LogP contribution in [0.1, 0.15) is 49.3 Å². The first-order valence-corrected chi connectivity index (χ1v) is 18.7. The SMILES string of the molecule is CCNC(=O)NCCC1CCN(C(=O)C(Cc2cccc(C#N)c2)NS(=O)(=O)c2cccc(NC(=O)CCNC(=O)OCc3ccccc3)c2)CC1. The molecular formula is C37H45N7O7S. The minimum atomic E-state index is -4.26. The van der Waals surface area contributed by atoms with Crippen LogP contribution in [-0.2, 0) is 37.4 Å². The number of nitrogens with zero attached hydrogens (tertiary/aromatic N) is 2. The first-order valence-electron chi connectivity index (χ1n) is 17.2. The monoisotopic (exact) mass is 731 g/mol. The molecule has 0 radical (unpaired) electrons. The van der Waals surface area contributed by atoms with Crippen LogP contribution < -0.4 is 26.0 Å². The maximum absolute atomic E-state index is 13.9. The molecule has 5 amide bonds. The fourth-order valence-corrected chi connectivity index (χ4v) is 6.96. The van der Waals surface area contributed by atoms with Gasteiger partial charge in [0.25, 0.3) is 0 Å². The summed E-state index contributed by atoms with van der Waals surface area (Å²) in [6.45, 7) is 3.85. The molecule has 3 aromatic carbocycles. The summed E-state index contributed by atoms with van der Waals surface area (Å²) in [7, 11) is -4.26. The van der Waals surface area contributed by atoms with Crippen molar-refractivity contribution in [2.75, 3.05) is 38.0 Å². The largest absolute Gasteiger partial charge is 0.445 e. The number of nitriles is 1. The number of nitrogens with one attached hydrogen (secondary N) is 5. The molecule has 1 heterocycles. The van der Waals surface area contributed by atoms with Crippen LogP contribution in [0, 0.1) is 17.2 Å². The fraction of sp³-hybridized carbons (Fsp3) is 0.378. The first-order chi connectivity index (χ1) is 25.1. The minimum absolute atomic E-state index is 0.0000428. The lowest BCUT2D eigenvalue weighted by molar-refractivity contribution is -0.134. The first kappa shape index (κ1) is 39.3. The standard InChI is InChI=1S/C37H45N7O7S/c1-2-39-36(47)40-18-14-27-16-20-44(21-17-27)35(46)33(23-29-10-6-11-30(22-29)25-38)43-52(49,50)32-13-7-12-31(24-32)42-34(45)15-19-41-37(48)51-26-28-8-4-3-5-9-28/h3-13,22,24,27,33,43H,2,14-21,23,26H2,1H3,(H,41,48)(H,42,45)(H2,39,40,47). The molecule has 0 spiro atoms. The van der Waals surface area contributed by atoms with Crippen LogP contribution in [0.4, 0.5) is 15.3 Å². The van der Waals surface area contributed by atoms with E-state index in [1.807, 2.05) is 37.3 Å². The molecule has 52 heavy (non-hydrogen) atoms. The van der Waals surface area contributed by atoms with Gasteiger partial charge in [0.1, 0.15) is 12.6 Å². The number of urea groups is 1. The number of benzene rings is 3. The Morgan fingerprint density at radius 3 is 2.37 bits per heavy atom. The number of rotatable bonds is 16. The number of alkyl carbamates (subject to hydrolysis) is 1. The second-order valence-electron chi connectivity index (χ2n) is 12.3. The number of ether oxygens (including phenoxy) is 1. The van der Waals surface area contributed by atoms with Crippen molar-refractivity contribution in [2.24, 2.45) is 5.92 Å².